The van der Waals surface area contributed by atoms with E-state index in [0.717, 1.165) is 18.3 Å². The lowest BCUT2D eigenvalue weighted by Gasteiger charge is -2.18. The summed E-state index contributed by atoms with van der Waals surface area (Å²) in [5.74, 6) is 0.0720. The summed E-state index contributed by atoms with van der Waals surface area (Å²) in [4.78, 5) is 115. The minimum Gasteiger partial charge on any atom is -0.311 e. The molecule has 238 valence electrons. The number of fused-ring (bicyclic) bond motifs is 4. The SMILES string of the molecule is Cn1c(=O)nc2n(CCCCCCn3c4nc(=O)n(C)c(=O)c-4cc4c(=O)n(C)c(=O)[nH]c43)c3[nH]c(=O)n(C)c(=O)c3cc-2c1=O. The molecule has 2 aromatic heterocycles. The van der Waals surface area contributed by atoms with Crippen molar-refractivity contribution >= 4 is 22.1 Å². The zero-order chi connectivity index (χ0) is 33.2. The molecule has 6 heterocycles. The Morgan fingerprint density at radius 2 is 0.891 bits per heavy atom. The molecule has 6 rings (SSSR count). The Morgan fingerprint density at radius 1 is 0.522 bits per heavy atom. The van der Waals surface area contributed by atoms with Gasteiger partial charge < -0.3 is 9.13 Å². The lowest BCUT2D eigenvalue weighted by Crippen LogP contribution is -2.38. The maximum absolute atomic E-state index is 12.9. The summed E-state index contributed by atoms with van der Waals surface area (Å²) in [5, 5.41) is 0.172. The lowest BCUT2D eigenvalue weighted by atomic mass is 10.1. The fraction of sp³-hybridized carbons (Fsp3) is 0.357. The smallest absolute Gasteiger partial charge is 0.311 e. The fourth-order valence-electron chi connectivity index (χ4n) is 5.61. The van der Waals surface area contributed by atoms with E-state index in [1.165, 1.54) is 49.5 Å². The molecule has 2 N–H and O–H groups in total. The van der Waals surface area contributed by atoms with E-state index in [1.54, 1.807) is 0 Å². The highest BCUT2D eigenvalue weighted by Crippen LogP contribution is 2.23. The van der Waals surface area contributed by atoms with Gasteiger partial charge in [0, 0.05) is 41.3 Å². The Hall–Kier alpha value is -5.94. The van der Waals surface area contributed by atoms with Gasteiger partial charge in [-0.3, -0.25) is 47.4 Å². The van der Waals surface area contributed by atoms with Gasteiger partial charge in [0.1, 0.15) is 11.3 Å². The Kier molecular flexibility index (Phi) is 7.13. The number of nitrogens with zero attached hydrogens (tertiary/aromatic N) is 8. The largest absolute Gasteiger partial charge is 0.352 e. The topological polar surface area (TPSA) is 223 Å². The zero-order valence-corrected chi connectivity index (χ0v) is 25.2. The van der Waals surface area contributed by atoms with Crippen LogP contribution in [0.2, 0.25) is 0 Å². The normalized spacial score (nSPS) is 11.8. The molecule has 4 aliphatic heterocycles. The third-order valence-electron chi connectivity index (χ3n) is 8.31. The van der Waals surface area contributed by atoms with E-state index in [1.807, 2.05) is 0 Å². The van der Waals surface area contributed by atoms with Crippen molar-refractivity contribution in [1.82, 2.24) is 47.3 Å². The van der Waals surface area contributed by atoms with Crippen molar-refractivity contribution in [2.75, 3.05) is 0 Å². The quantitative estimate of drug-likeness (QED) is 0.142. The van der Waals surface area contributed by atoms with Crippen LogP contribution in [0, 0.1) is 0 Å². The van der Waals surface area contributed by atoms with Crippen LogP contribution in [-0.4, -0.2) is 47.3 Å². The highest BCUT2D eigenvalue weighted by Gasteiger charge is 2.23. The third kappa shape index (κ3) is 4.56. The van der Waals surface area contributed by atoms with Gasteiger partial charge in [-0.15, -0.1) is 0 Å². The van der Waals surface area contributed by atoms with Gasteiger partial charge in [-0.25, -0.2) is 19.2 Å². The number of unbranched alkanes of at least 4 members (excludes halogenated alkanes) is 3. The molecule has 0 aromatic carbocycles. The van der Waals surface area contributed by atoms with Crippen LogP contribution in [0.1, 0.15) is 25.7 Å². The summed E-state index contributed by atoms with van der Waals surface area (Å²) in [5.41, 5.74) is -5.03. The number of aromatic amines is 2. The van der Waals surface area contributed by atoms with Crippen molar-refractivity contribution < 1.29 is 0 Å². The van der Waals surface area contributed by atoms with Crippen molar-refractivity contribution in [2.24, 2.45) is 28.2 Å². The molecular weight excluding hydrogens is 604 g/mol. The molecular formula is C28H28N10O8. The van der Waals surface area contributed by atoms with Gasteiger partial charge in [0.05, 0.1) is 21.9 Å². The van der Waals surface area contributed by atoms with Crippen LogP contribution in [0.15, 0.2) is 50.5 Å². The van der Waals surface area contributed by atoms with Gasteiger partial charge in [0.15, 0.2) is 11.6 Å². The number of aryl methyl sites for hydroxylation is 2. The molecule has 0 atom stereocenters. The first-order valence-electron chi connectivity index (χ1n) is 14.3. The molecule has 0 radical (unpaired) electrons. The molecule has 0 bridgehead atoms. The van der Waals surface area contributed by atoms with Crippen molar-refractivity contribution in [3.63, 3.8) is 0 Å². The summed E-state index contributed by atoms with van der Waals surface area (Å²) >= 11 is 0. The molecule has 0 amide bonds. The molecule has 0 saturated heterocycles. The highest BCUT2D eigenvalue weighted by atomic mass is 16.2. The third-order valence-corrected chi connectivity index (χ3v) is 8.31. The number of aromatic nitrogens is 10. The zero-order valence-electron chi connectivity index (χ0n) is 25.2. The summed E-state index contributed by atoms with van der Waals surface area (Å²) in [6.07, 6.45) is 2.11. The van der Waals surface area contributed by atoms with E-state index in [0.29, 0.717) is 25.7 Å². The van der Waals surface area contributed by atoms with Crippen LogP contribution >= 0.6 is 0 Å². The average Bonchev–Trinajstić information content (AvgIpc) is 3.02. The van der Waals surface area contributed by atoms with Gasteiger partial charge in [-0.1, -0.05) is 12.8 Å². The van der Waals surface area contributed by atoms with Crippen LogP contribution < -0.4 is 45.0 Å². The molecule has 0 fully saturated rings. The summed E-state index contributed by atoms with van der Waals surface area (Å²) in [7, 11) is 5.18. The van der Waals surface area contributed by atoms with Crippen LogP contribution in [0.4, 0.5) is 0 Å². The first-order valence-corrected chi connectivity index (χ1v) is 14.3. The highest BCUT2D eigenvalue weighted by molar-refractivity contribution is 5.82. The van der Waals surface area contributed by atoms with E-state index in [-0.39, 0.29) is 57.9 Å². The molecule has 4 aliphatic rings. The standard InChI is InChI=1S/C28H28N10O8/c1-33-21(39)13-11-14-18(30-26(44)34(2)22(14)40)37(17(13)29-25(33)43)9-7-5-6-8-10-38-19-15(23(41)35(3)27(45)31-19)12-16-20(38)32-28(46)36(4)24(16)42/h11-12H,5-10H2,1-4H3,(H,29,43)(H,31,45). The molecule has 0 unspecified atom stereocenters. The average molecular weight is 633 g/mol. The summed E-state index contributed by atoms with van der Waals surface area (Å²) < 4.78 is 6.42. The molecule has 0 aliphatic carbocycles. The van der Waals surface area contributed by atoms with E-state index in [9.17, 15) is 38.4 Å². The molecule has 18 nitrogen and oxygen atoms in total. The van der Waals surface area contributed by atoms with Gasteiger partial charge in [-0.2, -0.15) is 9.97 Å². The van der Waals surface area contributed by atoms with Crippen LogP contribution in [-0.2, 0) is 41.3 Å². The number of nitrogens with one attached hydrogen (secondary N) is 2. The van der Waals surface area contributed by atoms with Crippen LogP contribution in [0.3, 0.4) is 0 Å². The van der Waals surface area contributed by atoms with E-state index in [2.05, 4.69) is 19.9 Å². The molecule has 46 heavy (non-hydrogen) atoms. The predicted octanol–water partition coefficient (Wildman–Crippen LogP) is -2.25. The summed E-state index contributed by atoms with van der Waals surface area (Å²) in [6.45, 7) is 0.392. The molecule has 0 spiro atoms. The Morgan fingerprint density at radius 3 is 1.26 bits per heavy atom. The molecule has 18 heteroatoms. The number of rotatable bonds is 7. The molecule has 2 aromatic rings. The van der Waals surface area contributed by atoms with Gasteiger partial charge in [0.2, 0.25) is 0 Å². The fourth-order valence-corrected chi connectivity index (χ4v) is 5.61. The van der Waals surface area contributed by atoms with E-state index in [4.69, 9.17) is 0 Å². The number of H-pyrrole nitrogens is 2. The summed E-state index contributed by atoms with van der Waals surface area (Å²) in [6, 6.07) is 2.65. The Labute approximate surface area is 254 Å². The lowest BCUT2D eigenvalue weighted by molar-refractivity contribution is 0.541. The van der Waals surface area contributed by atoms with Gasteiger partial charge in [0.25, 0.3) is 22.2 Å². The van der Waals surface area contributed by atoms with Crippen LogP contribution in [0.25, 0.3) is 44.8 Å². The number of hydrogen-bond donors (Lipinski definition) is 2. The van der Waals surface area contributed by atoms with Crippen molar-refractivity contribution in [3.05, 3.63) is 95.5 Å². The van der Waals surface area contributed by atoms with Crippen LogP contribution in [0.5, 0.6) is 0 Å². The minimum absolute atomic E-state index is 0.0360. The maximum atomic E-state index is 12.9. The second-order valence-electron chi connectivity index (χ2n) is 11.1. The number of pyridine rings is 2. The van der Waals surface area contributed by atoms with E-state index >= 15 is 0 Å². The Balaban J connectivity index is 1.31. The Bertz CT molecular complexity index is 2460. The first-order chi connectivity index (χ1) is 21.8. The van der Waals surface area contributed by atoms with Gasteiger partial charge in [-0.05, 0) is 25.0 Å². The predicted molar refractivity (Wildman–Crippen MR) is 166 cm³/mol. The number of hydrogen-bond acceptors (Lipinski definition) is 10. The monoisotopic (exact) mass is 632 g/mol. The first kappa shape index (κ1) is 30.1. The van der Waals surface area contributed by atoms with Crippen molar-refractivity contribution in [1.29, 1.82) is 0 Å². The maximum Gasteiger partial charge on any atom is 0.352 e. The van der Waals surface area contributed by atoms with Gasteiger partial charge >= 0.3 is 22.8 Å². The molecule has 0 saturated carbocycles. The second-order valence-corrected chi connectivity index (χ2v) is 11.1. The minimum atomic E-state index is -0.784. The van der Waals surface area contributed by atoms with Crippen molar-refractivity contribution in [3.8, 4) is 22.8 Å². The second kappa shape index (κ2) is 10.9. The van der Waals surface area contributed by atoms with E-state index < -0.39 is 45.0 Å². The van der Waals surface area contributed by atoms with Crippen molar-refractivity contribution in [2.45, 2.75) is 38.8 Å².